The van der Waals surface area contributed by atoms with Gasteiger partial charge in [0.25, 0.3) is 0 Å². The second kappa shape index (κ2) is 10.1. The second-order valence-corrected chi connectivity index (χ2v) is 14.1. The summed E-state index contributed by atoms with van der Waals surface area (Å²) < 4.78 is 8.70. The predicted molar refractivity (Wildman–Crippen MR) is 178 cm³/mol. The molecule has 3 heterocycles. The van der Waals surface area contributed by atoms with E-state index in [2.05, 4.69) is 102 Å². The summed E-state index contributed by atoms with van der Waals surface area (Å²) in [6, 6.07) is 23.0. The van der Waals surface area contributed by atoms with E-state index in [1.165, 1.54) is 16.5 Å². The lowest BCUT2D eigenvalue weighted by Crippen LogP contribution is -2.11. The van der Waals surface area contributed by atoms with Crippen molar-refractivity contribution in [3.63, 3.8) is 0 Å². The maximum Gasteiger partial charge on any atom is 0.220 e. The van der Waals surface area contributed by atoms with Crippen LogP contribution in [-0.4, -0.2) is 19.6 Å². The van der Waals surface area contributed by atoms with E-state index in [1.807, 2.05) is 37.4 Å². The highest BCUT2D eigenvalue weighted by molar-refractivity contribution is 6.11. The molecule has 0 bridgehead atoms. The van der Waals surface area contributed by atoms with Crippen molar-refractivity contribution in [3.05, 3.63) is 95.2 Å². The van der Waals surface area contributed by atoms with Gasteiger partial charge in [-0.2, -0.15) is 0 Å². The van der Waals surface area contributed by atoms with E-state index in [9.17, 15) is 5.11 Å². The molecule has 0 aliphatic rings. The topological polar surface area (TPSA) is 60.2 Å². The highest BCUT2D eigenvalue weighted by Gasteiger charge is 2.24. The number of pyridine rings is 2. The number of hydrogen-bond donors (Lipinski definition) is 1. The number of rotatable bonds is 4. The first-order chi connectivity index (χ1) is 20.2. The average Bonchev–Trinajstić information content (AvgIpc) is 3.26. The van der Waals surface area contributed by atoms with E-state index in [1.54, 1.807) is 0 Å². The molecule has 0 atom stereocenters. The predicted octanol–water partition coefficient (Wildman–Crippen LogP) is 10.3. The van der Waals surface area contributed by atoms with Gasteiger partial charge in [-0.15, -0.1) is 0 Å². The van der Waals surface area contributed by atoms with Gasteiger partial charge in [-0.05, 0) is 70.7 Å². The van der Waals surface area contributed by atoms with Crippen LogP contribution in [0.5, 0.6) is 17.4 Å². The van der Waals surface area contributed by atoms with Gasteiger partial charge in [0, 0.05) is 40.1 Å². The van der Waals surface area contributed by atoms with Crippen LogP contribution >= 0.6 is 0 Å². The number of aromatic nitrogens is 3. The Morgan fingerprint density at radius 1 is 0.791 bits per heavy atom. The Morgan fingerprint density at radius 3 is 2.21 bits per heavy atom. The van der Waals surface area contributed by atoms with Gasteiger partial charge in [0.15, 0.2) is 0 Å². The largest absolute Gasteiger partial charge is 0.505 e. The van der Waals surface area contributed by atoms with Crippen molar-refractivity contribution in [1.82, 2.24) is 14.5 Å². The Kier molecular flexibility index (Phi) is 6.76. The molecule has 0 spiro atoms. The molecule has 0 unspecified atom stereocenters. The summed E-state index contributed by atoms with van der Waals surface area (Å²) in [5.41, 5.74) is 6.83. The summed E-state index contributed by atoms with van der Waals surface area (Å²) >= 11 is 0. The third kappa shape index (κ3) is 5.01. The summed E-state index contributed by atoms with van der Waals surface area (Å²) in [5.74, 6) is 2.60. The molecule has 0 aliphatic heterocycles. The monoisotopic (exact) mass is 571 g/mol. The molecular weight excluding hydrogens is 530 g/mol. The molecule has 1 N–H and O–H groups in total. The van der Waals surface area contributed by atoms with Crippen molar-refractivity contribution in [2.45, 2.75) is 79.1 Å². The average molecular weight is 572 g/mol. The van der Waals surface area contributed by atoms with Gasteiger partial charge in [0.1, 0.15) is 22.8 Å². The maximum absolute atomic E-state index is 11.2. The molecule has 5 nitrogen and oxygen atoms in total. The lowest BCUT2D eigenvalue weighted by Gasteiger charge is -2.21. The lowest BCUT2D eigenvalue weighted by molar-refractivity contribution is 0.446. The Morgan fingerprint density at radius 2 is 1.51 bits per heavy atom. The van der Waals surface area contributed by atoms with Crippen LogP contribution in [0.15, 0.2) is 72.9 Å². The van der Waals surface area contributed by atoms with Crippen molar-refractivity contribution < 1.29 is 9.84 Å². The van der Waals surface area contributed by atoms with Gasteiger partial charge in [-0.1, -0.05) is 79.7 Å². The van der Waals surface area contributed by atoms with Gasteiger partial charge in [-0.25, -0.2) is 9.97 Å². The zero-order valence-electron chi connectivity index (χ0n) is 26.7. The van der Waals surface area contributed by atoms with Crippen molar-refractivity contribution in [1.29, 1.82) is 0 Å². The fourth-order valence-corrected chi connectivity index (χ4v) is 6.09. The van der Waals surface area contributed by atoms with Crippen LogP contribution in [0, 0.1) is 6.92 Å². The summed E-state index contributed by atoms with van der Waals surface area (Å²) in [5, 5.41) is 14.5. The Labute approximate surface area is 254 Å². The second-order valence-electron chi connectivity index (χ2n) is 14.1. The molecule has 0 amide bonds. The van der Waals surface area contributed by atoms with Crippen LogP contribution in [0.1, 0.15) is 83.6 Å². The number of aryl methyl sites for hydroxylation is 1. The minimum atomic E-state index is -0.212. The first-order valence-electron chi connectivity index (χ1n) is 15.1. The number of benzene rings is 3. The molecule has 0 radical (unpaired) electrons. The smallest absolute Gasteiger partial charge is 0.220 e. The molecular formula is C38H41N3O2. The van der Waals surface area contributed by atoms with Gasteiger partial charge >= 0.3 is 0 Å². The van der Waals surface area contributed by atoms with Gasteiger partial charge in [-0.3, -0.25) is 4.57 Å². The van der Waals surface area contributed by atoms with Gasteiger partial charge < -0.3 is 9.84 Å². The molecule has 43 heavy (non-hydrogen) atoms. The Bertz CT molecular complexity index is 2020. The van der Waals surface area contributed by atoms with Crippen LogP contribution in [0.2, 0.25) is 0 Å². The summed E-state index contributed by atoms with van der Waals surface area (Å²) in [6.45, 7) is 19.5. The van der Waals surface area contributed by atoms with Crippen LogP contribution in [-0.2, 0) is 10.8 Å². The number of aromatic hydroxyl groups is 1. The SMILES string of the molecule is Cc1cc(Oc2ccc3c4c(C(C)(C)C)cccc4n(-c4cc(C(C)C)ccn4)c3c2)nc2c(O)c(C(C)(C)C)ccc12. The highest BCUT2D eigenvalue weighted by atomic mass is 16.5. The van der Waals surface area contributed by atoms with E-state index < -0.39 is 0 Å². The number of phenolic OH excluding ortho intramolecular Hbond substituents is 1. The first-order valence-corrected chi connectivity index (χ1v) is 15.1. The molecule has 6 rings (SSSR count). The fourth-order valence-electron chi connectivity index (χ4n) is 6.09. The molecule has 220 valence electrons. The third-order valence-electron chi connectivity index (χ3n) is 8.40. The summed E-state index contributed by atoms with van der Waals surface area (Å²) in [4.78, 5) is 9.63. The maximum atomic E-state index is 11.2. The van der Waals surface area contributed by atoms with Crippen LogP contribution in [0.4, 0.5) is 0 Å². The minimum absolute atomic E-state index is 0.0402. The molecule has 6 aromatic rings. The quantitative estimate of drug-likeness (QED) is 0.229. The number of hydrogen-bond acceptors (Lipinski definition) is 4. The zero-order valence-corrected chi connectivity index (χ0v) is 26.7. The first kappa shape index (κ1) is 28.7. The van der Waals surface area contributed by atoms with Crippen molar-refractivity contribution in [2.75, 3.05) is 0 Å². The van der Waals surface area contributed by atoms with E-state index in [4.69, 9.17) is 14.7 Å². The standard InChI is InChI=1S/C38H41N3O2/c1-22(2)24-17-18-39-32(20-24)41-30-12-10-11-28(37(4,5)6)34(30)27-14-13-25(21-31(27)41)43-33-19-23(3)26-15-16-29(38(7,8)9)36(42)35(26)40-33/h10-22,42H,1-9H3. The minimum Gasteiger partial charge on any atom is -0.505 e. The van der Waals surface area contributed by atoms with Gasteiger partial charge in [0.05, 0.1) is 11.0 Å². The number of ether oxygens (including phenoxy) is 1. The Hall–Kier alpha value is -4.38. The van der Waals surface area contributed by atoms with Crippen molar-refractivity contribution in [3.8, 4) is 23.2 Å². The summed E-state index contributed by atoms with van der Waals surface area (Å²) in [6.07, 6.45) is 1.90. The number of nitrogens with zero attached hydrogens (tertiary/aromatic N) is 3. The molecule has 0 aliphatic carbocycles. The third-order valence-corrected chi connectivity index (χ3v) is 8.40. The molecule has 5 heteroatoms. The van der Waals surface area contributed by atoms with Gasteiger partial charge in [0.2, 0.25) is 5.88 Å². The van der Waals surface area contributed by atoms with E-state index in [-0.39, 0.29) is 16.6 Å². The van der Waals surface area contributed by atoms with E-state index in [0.29, 0.717) is 23.1 Å². The number of fused-ring (bicyclic) bond motifs is 4. The molecule has 0 saturated heterocycles. The van der Waals surface area contributed by atoms with Crippen molar-refractivity contribution in [2.24, 2.45) is 0 Å². The normalized spacial score (nSPS) is 12.6. The summed E-state index contributed by atoms with van der Waals surface area (Å²) in [7, 11) is 0. The Balaban J connectivity index is 1.56. The molecule has 0 fully saturated rings. The molecule has 3 aromatic carbocycles. The van der Waals surface area contributed by atoms with Crippen molar-refractivity contribution >= 4 is 32.7 Å². The lowest BCUT2D eigenvalue weighted by atomic mass is 9.84. The van der Waals surface area contributed by atoms with E-state index in [0.717, 1.165) is 38.8 Å². The van der Waals surface area contributed by atoms with E-state index >= 15 is 0 Å². The molecule has 3 aromatic heterocycles. The van der Waals surface area contributed by atoms with Crippen LogP contribution in [0.3, 0.4) is 0 Å². The number of phenols is 1. The zero-order chi connectivity index (χ0) is 30.8. The molecule has 0 saturated carbocycles. The highest BCUT2D eigenvalue weighted by Crippen LogP contribution is 2.41. The van der Waals surface area contributed by atoms with Crippen LogP contribution < -0.4 is 4.74 Å². The van der Waals surface area contributed by atoms with Crippen LogP contribution in [0.25, 0.3) is 38.5 Å². The fraction of sp³-hybridized carbons (Fsp3) is 0.316.